The Hall–Kier alpha value is -1.31. The third kappa shape index (κ3) is 2.87. The van der Waals surface area contributed by atoms with E-state index in [4.69, 9.17) is 4.74 Å². The van der Waals surface area contributed by atoms with Gasteiger partial charge in [-0.15, -0.1) is 0 Å². The first kappa shape index (κ1) is 12.2. The summed E-state index contributed by atoms with van der Waals surface area (Å²) in [6, 6.07) is 6.30. The molecule has 1 unspecified atom stereocenters. The molecule has 92 valence electrons. The lowest BCUT2D eigenvalue weighted by molar-refractivity contribution is -0.122. The summed E-state index contributed by atoms with van der Waals surface area (Å²) in [5.74, 6) is 1.60. The lowest BCUT2D eigenvalue weighted by Gasteiger charge is -2.08. The molecular formula is C15H20O2. The number of fused-ring (bicyclic) bond motifs is 1. The molecule has 0 bridgehead atoms. The highest BCUT2D eigenvalue weighted by Crippen LogP contribution is 2.26. The standard InChI is InChI=1S/C15H20O2/c1-3-11(2)14(16)6-4-12-5-7-15-13(10-12)8-9-17-15/h5,7,10-11H,3-4,6,8-9H2,1-2H3. The lowest BCUT2D eigenvalue weighted by atomic mass is 9.97. The fraction of sp³-hybridized carbons (Fsp3) is 0.533. The third-order valence-electron chi connectivity index (χ3n) is 3.58. The van der Waals surface area contributed by atoms with Crippen LogP contribution in [0.1, 0.15) is 37.8 Å². The molecule has 1 atom stereocenters. The Morgan fingerprint density at radius 3 is 3.06 bits per heavy atom. The summed E-state index contributed by atoms with van der Waals surface area (Å²) in [4.78, 5) is 11.8. The largest absolute Gasteiger partial charge is 0.493 e. The third-order valence-corrected chi connectivity index (χ3v) is 3.58. The van der Waals surface area contributed by atoms with Gasteiger partial charge in [0.15, 0.2) is 0 Å². The number of rotatable bonds is 5. The molecule has 1 aliphatic rings. The van der Waals surface area contributed by atoms with Gasteiger partial charge in [-0.25, -0.2) is 0 Å². The van der Waals surface area contributed by atoms with Gasteiger partial charge in [0, 0.05) is 18.8 Å². The van der Waals surface area contributed by atoms with Gasteiger partial charge in [0.1, 0.15) is 11.5 Å². The number of ether oxygens (including phenoxy) is 1. The lowest BCUT2D eigenvalue weighted by Crippen LogP contribution is -2.10. The monoisotopic (exact) mass is 232 g/mol. The topological polar surface area (TPSA) is 26.3 Å². The van der Waals surface area contributed by atoms with Crippen LogP contribution in [0.15, 0.2) is 18.2 Å². The van der Waals surface area contributed by atoms with Crippen molar-refractivity contribution in [3.05, 3.63) is 29.3 Å². The number of hydrogen-bond acceptors (Lipinski definition) is 2. The molecule has 2 rings (SSSR count). The Labute approximate surface area is 103 Å². The molecule has 0 spiro atoms. The molecule has 1 aliphatic heterocycles. The van der Waals surface area contributed by atoms with Crippen LogP contribution < -0.4 is 4.74 Å². The van der Waals surface area contributed by atoms with Gasteiger partial charge in [-0.05, 0) is 30.0 Å². The van der Waals surface area contributed by atoms with Gasteiger partial charge >= 0.3 is 0 Å². The highest BCUT2D eigenvalue weighted by Gasteiger charge is 2.14. The number of carbonyl (C=O) groups is 1. The Morgan fingerprint density at radius 2 is 2.29 bits per heavy atom. The molecule has 1 heterocycles. The van der Waals surface area contributed by atoms with Crippen LogP contribution in [-0.4, -0.2) is 12.4 Å². The van der Waals surface area contributed by atoms with Crippen molar-refractivity contribution in [3.8, 4) is 5.75 Å². The SMILES string of the molecule is CCC(C)C(=O)CCc1ccc2c(c1)CCO2. The molecule has 0 radical (unpaired) electrons. The summed E-state index contributed by atoms with van der Waals surface area (Å²) in [5.41, 5.74) is 2.55. The van der Waals surface area contributed by atoms with Crippen LogP contribution in [0.5, 0.6) is 5.75 Å². The van der Waals surface area contributed by atoms with Gasteiger partial charge < -0.3 is 4.74 Å². The predicted octanol–water partition coefficient (Wildman–Crippen LogP) is 3.17. The van der Waals surface area contributed by atoms with Crippen LogP contribution >= 0.6 is 0 Å². The van der Waals surface area contributed by atoms with E-state index in [-0.39, 0.29) is 5.92 Å². The van der Waals surface area contributed by atoms with Gasteiger partial charge in [-0.1, -0.05) is 26.0 Å². The maximum atomic E-state index is 11.8. The molecule has 1 aromatic rings. The van der Waals surface area contributed by atoms with E-state index in [9.17, 15) is 4.79 Å². The summed E-state index contributed by atoms with van der Waals surface area (Å²) in [7, 11) is 0. The number of ketones is 1. The smallest absolute Gasteiger partial charge is 0.136 e. The van der Waals surface area contributed by atoms with E-state index in [2.05, 4.69) is 19.1 Å². The Balaban J connectivity index is 1.93. The molecule has 2 heteroatoms. The number of Topliss-reactive ketones (excluding diaryl/α,β-unsaturated/α-hetero) is 1. The number of hydrogen-bond donors (Lipinski definition) is 0. The quantitative estimate of drug-likeness (QED) is 0.779. The van der Waals surface area contributed by atoms with E-state index in [0.29, 0.717) is 12.2 Å². The predicted molar refractivity (Wildman–Crippen MR) is 68.4 cm³/mol. The van der Waals surface area contributed by atoms with Crippen molar-refractivity contribution in [3.63, 3.8) is 0 Å². The molecule has 1 aromatic carbocycles. The van der Waals surface area contributed by atoms with E-state index < -0.39 is 0 Å². The highest BCUT2D eigenvalue weighted by molar-refractivity contribution is 5.80. The fourth-order valence-electron chi connectivity index (χ4n) is 2.14. The first-order chi connectivity index (χ1) is 8.20. The molecule has 17 heavy (non-hydrogen) atoms. The molecule has 2 nitrogen and oxygen atoms in total. The summed E-state index contributed by atoms with van der Waals surface area (Å²) in [6.45, 7) is 4.87. The highest BCUT2D eigenvalue weighted by atomic mass is 16.5. The van der Waals surface area contributed by atoms with Crippen molar-refractivity contribution in [1.29, 1.82) is 0 Å². The Bertz CT molecular complexity index is 409. The van der Waals surface area contributed by atoms with Crippen LogP contribution in [0.4, 0.5) is 0 Å². The molecule has 0 N–H and O–H groups in total. The number of benzene rings is 1. The van der Waals surface area contributed by atoms with E-state index in [1.807, 2.05) is 13.0 Å². The first-order valence-electron chi connectivity index (χ1n) is 6.48. The van der Waals surface area contributed by atoms with E-state index in [1.54, 1.807) is 0 Å². The second-order valence-electron chi connectivity index (χ2n) is 4.82. The molecule has 0 saturated heterocycles. The van der Waals surface area contributed by atoms with E-state index in [0.717, 1.165) is 31.6 Å². The average molecular weight is 232 g/mol. The fourth-order valence-corrected chi connectivity index (χ4v) is 2.14. The van der Waals surface area contributed by atoms with Gasteiger partial charge in [0.25, 0.3) is 0 Å². The van der Waals surface area contributed by atoms with Crippen LogP contribution in [0.3, 0.4) is 0 Å². The zero-order valence-corrected chi connectivity index (χ0v) is 10.7. The van der Waals surface area contributed by atoms with Crippen molar-refractivity contribution in [1.82, 2.24) is 0 Å². The molecule has 0 amide bonds. The maximum absolute atomic E-state index is 11.8. The second-order valence-corrected chi connectivity index (χ2v) is 4.82. The summed E-state index contributed by atoms with van der Waals surface area (Å²) >= 11 is 0. The van der Waals surface area contributed by atoms with Crippen molar-refractivity contribution >= 4 is 5.78 Å². The van der Waals surface area contributed by atoms with Crippen LogP contribution in [0.25, 0.3) is 0 Å². The molecule has 0 aliphatic carbocycles. The molecule has 0 aromatic heterocycles. The maximum Gasteiger partial charge on any atom is 0.136 e. The van der Waals surface area contributed by atoms with Gasteiger partial charge in [-0.3, -0.25) is 4.79 Å². The van der Waals surface area contributed by atoms with Gasteiger partial charge in [0.05, 0.1) is 6.61 Å². The zero-order chi connectivity index (χ0) is 12.3. The minimum Gasteiger partial charge on any atom is -0.493 e. The van der Waals surface area contributed by atoms with Crippen molar-refractivity contribution in [2.75, 3.05) is 6.61 Å². The number of carbonyl (C=O) groups excluding carboxylic acids is 1. The minimum atomic E-state index is 0.202. The summed E-state index contributed by atoms with van der Waals surface area (Å²) in [5, 5.41) is 0. The zero-order valence-electron chi connectivity index (χ0n) is 10.7. The van der Waals surface area contributed by atoms with Crippen LogP contribution in [-0.2, 0) is 17.6 Å². The normalized spacial score (nSPS) is 15.2. The summed E-state index contributed by atoms with van der Waals surface area (Å²) in [6.07, 6.45) is 3.46. The molecule has 0 saturated carbocycles. The average Bonchev–Trinajstić information content (AvgIpc) is 2.82. The molecule has 0 fully saturated rings. The van der Waals surface area contributed by atoms with Crippen LogP contribution in [0, 0.1) is 5.92 Å². The van der Waals surface area contributed by atoms with Crippen molar-refractivity contribution in [2.24, 2.45) is 5.92 Å². The second kappa shape index (κ2) is 5.35. The van der Waals surface area contributed by atoms with E-state index >= 15 is 0 Å². The molecular weight excluding hydrogens is 212 g/mol. The Kier molecular flexibility index (Phi) is 3.82. The van der Waals surface area contributed by atoms with Gasteiger partial charge in [-0.2, -0.15) is 0 Å². The number of aryl methyl sites for hydroxylation is 1. The summed E-state index contributed by atoms with van der Waals surface area (Å²) < 4.78 is 5.47. The van der Waals surface area contributed by atoms with Crippen molar-refractivity contribution < 1.29 is 9.53 Å². The Morgan fingerprint density at radius 1 is 1.47 bits per heavy atom. The van der Waals surface area contributed by atoms with Crippen molar-refractivity contribution in [2.45, 2.75) is 39.5 Å². The minimum absolute atomic E-state index is 0.202. The van der Waals surface area contributed by atoms with Gasteiger partial charge in [0.2, 0.25) is 0 Å². The van der Waals surface area contributed by atoms with E-state index in [1.165, 1.54) is 11.1 Å². The van der Waals surface area contributed by atoms with Crippen LogP contribution in [0.2, 0.25) is 0 Å². The first-order valence-corrected chi connectivity index (χ1v) is 6.48.